The number of amides is 2. The number of Topliss-reactive ketones (excluding diaryl/α,β-unsaturated/α-hetero) is 1. The molecular formula is C26H31ClN3O6+. The smallest absolute Gasteiger partial charge is 0.415 e. The number of ketones is 1. The Morgan fingerprint density at radius 1 is 1.19 bits per heavy atom. The molecule has 9 nitrogen and oxygen atoms in total. The van der Waals surface area contributed by atoms with E-state index < -0.39 is 29.6 Å². The monoisotopic (exact) mass is 516 g/mol. The van der Waals surface area contributed by atoms with Crippen LogP contribution in [-0.2, 0) is 26.6 Å². The topological polar surface area (TPSA) is 117 Å². The number of halogens is 1. The summed E-state index contributed by atoms with van der Waals surface area (Å²) in [7, 11) is 1.53. The number of likely N-dealkylation sites (N-methyl/N-ethyl adjacent to an activating group) is 1. The molecule has 36 heavy (non-hydrogen) atoms. The Kier molecular flexibility index (Phi) is 8.68. The van der Waals surface area contributed by atoms with Gasteiger partial charge in [-0.2, -0.15) is 4.57 Å². The number of aliphatic carboxylic acids is 1. The van der Waals surface area contributed by atoms with Gasteiger partial charge < -0.3 is 15.2 Å². The van der Waals surface area contributed by atoms with Crippen molar-refractivity contribution in [2.75, 3.05) is 7.05 Å². The van der Waals surface area contributed by atoms with Crippen LogP contribution in [-0.4, -0.2) is 46.8 Å². The van der Waals surface area contributed by atoms with Gasteiger partial charge in [0, 0.05) is 30.1 Å². The first kappa shape index (κ1) is 27.1. The van der Waals surface area contributed by atoms with Gasteiger partial charge in [0.25, 0.3) is 12.6 Å². The molecule has 0 bridgehead atoms. The number of hydrogen-bond donors (Lipinski definition) is 2. The standard InChI is InChI=1S/C26H30ClN3O6/c1-17(2)22(24(33)34)28-23(32)18-9-8-14-30(15-18)16-36-25(35)29(3)26(13-7-6-12-21(26)31)19-10-4-5-11-20(19)27/h4-5,8-11,14-15,17,22H,6-7,12-13,16H2,1-3H3,(H-,28,32,33,34)/p+1/t22-,26?/m0/s1. The summed E-state index contributed by atoms with van der Waals surface area (Å²) in [5.41, 5.74) is -0.438. The van der Waals surface area contributed by atoms with Crippen molar-refractivity contribution < 1.29 is 33.6 Å². The minimum atomic E-state index is -1.22. The Bertz CT molecular complexity index is 1150. The summed E-state index contributed by atoms with van der Waals surface area (Å²) in [6.07, 6.45) is 4.63. The molecule has 1 aliphatic rings. The average Bonchev–Trinajstić information content (AvgIpc) is 2.86. The first-order valence-corrected chi connectivity index (χ1v) is 12.2. The van der Waals surface area contributed by atoms with Gasteiger partial charge in [-0.05, 0) is 37.3 Å². The van der Waals surface area contributed by atoms with Crippen molar-refractivity contribution in [3.05, 3.63) is 64.9 Å². The van der Waals surface area contributed by atoms with Crippen LogP contribution in [0.15, 0.2) is 48.8 Å². The molecule has 2 aromatic rings. The number of carbonyl (C=O) groups is 4. The lowest BCUT2D eigenvalue weighted by atomic mass is 9.74. The Morgan fingerprint density at radius 3 is 2.56 bits per heavy atom. The molecule has 10 heteroatoms. The van der Waals surface area contributed by atoms with Crippen LogP contribution in [0.5, 0.6) is 0 Å². The van der Waals surface area contributed by atoms with E-state index in [-0.39, 0.29) is 24.0 Å². The van der Waals surface area contributed by atoms with E-state index >= 15 is 0 Å². The lowest BCUT2D eigenvalue weighted by molar-refractivity contribution is -0.727. The largest absolute Gasteiger partial charge is 0.480 e. The second-order valence-electron chi connectivity index (χ2n) is 9.21. The normalized spacial score (nSPS) is 18.4. The quantitative estimate of drug-likeness (QED) is 0.518. The first-order valence-electron chi connectivity index (χ1n) is 11.8. The second kappa shape index (κ2) is 11.5. The Hall–Kier alpha value is -3.46. The summed E-state index contributed by atoms with van der Waals surface area (Å²) in [5, 5.41) is 12.2. The lowest BCUT2D eigenvalue weighted by Gasteiger charge is -2.43. The van der Waals surface area contributed by atoms with Gasteiger partial charge in [-0.1, -0.05) is 43.6 Å². The fourth-order valence-electron chi connectivity index (χ4n) is 4.49. The number of nitrogens with one attached hydrogen (secondary N) is 1. The number of hydrogen-bond acceptors (Lipinski definition) is 5. The molecular weight excluding hydrogens is 486 g/mol. The number of pyridine rings is 1. The van der Waals surface area contributed by atoms with Crippen LogP contribution in [0.25, 0.3) is 0 Å². The SMILES string of the molecule is CC(C)[C@H](NC(=O)c1ccc[n+](COC(=O)N(C)C2(c3ccccc3Cl)CCCCC2=O)c1)C(=O)O. The minimum Gasteiger partial charge on any atom is -0.480 e. The van der Waals surface area contributed by atoms with Crippen molar-refractivity contribution in [3.63, 3.8) is 0 Å². The predicted octanol–water partition coefficient (Wildman–Crippen LogP) is 3.53. The van der Waals surface area contributed by atoms with E-state index in [1.165, 1.54) is 28.8 Å². The van der Waals surface area contributed by atoms with E-state index in [0.29, 0.717) is 23.4 Å². The Balaban J connectivity index is 1.76. The molecule has 2 N–H and O–H groups in total. The van der Waals surface area contributed by atoms with E-state index in [4.69, 9.17) is 16.3 Å². The van der Waals surface area contributed by atoms with Crippen LogP contribution in [0.4, 0.5) is 4.79 Å². The molecule has 2 amide bonds. The highest BCUT2D eigenvalue weighted by Crippen LogP contribution is 2.42. The van der Waals surface area contributed by atoms with Gasteiger partial charge in [0.05, 0.1) is 0 Å². The molecule has 1 saturated carbocycles. The first-order chi connectivity index (χ1) is 17.1. The van der Waals surface area contributed by atoms with Gasteiger partial charge in [0.15, 0.2) is 18.2 Å². The van der Waals surface area contributed by atoms with Gasteiger partial charge in [-0.25, -0.2) is 9.59 Å². The van der Waals surface area contributed by atoms with Crippen LogP contribution >= 0.6 is 11.6 Å². The highest BCUT2D eigenvalue weighted by Gasteiger charge is 2.48. The van der Waals surface area contributed by atoms with E-state index in [1.807, 2.05) is 0 Å². The van der Waals surface area contributed by atoms with E-state index in [2.05, 4.69) is 5.32 Å². The summed E-state index contributed by atoms with van der Waals surface area (Å²) >= 11 is 6.45. The summed E-state index contributed by atoms with van der Waals surface area (Å²) in [6, 6.07) is 9.09. The molecule has 1 aromatic heterocycles. The third-order valence-corrected chi connectivity index (χ3v) is 6.83. The van der Waals surface area contributed by atoms with Gasteiger partial charge in [-0.3, -0.25) is 14.5 Å². The number of carboxylic acid groups (broad SMARTS) is 1. The third-order valence-electron chi connectivity index (χ3n) is 6.50. The zero-order valence-corrected chi connectivity index (χ0v) is 21.3. The number of aromatic nitrogens is 1. The number of nitrogens with zero attached hydrogens (tertiary/aromatic N) is 2. The summed E-state index contributed by atoms with van der Waals surface area (Å²) < 4.78 is 6.98. The second-order valence-corrected chi connectivity index (χ2v) is 9.62. The molecule has 1 aliphatic carbocycles. The van der Waals surface area contributed by atoms with Crippen LogP contribution in [0.3, 0.4) is 0 Å². The molecule has 1 aromatic carbocycles. The van der Waals surface area contributed by atoms with Crippen molar-refractivity contribution in [2.24, 2.45) is 5.92 Å². The molecule has 1 heterocycles. The fraction of sp³-hybridized carbons (Fsp3) is 0.423. The average molecular weight is 517 g/mol. The van der Waals surface area contributed by atoms with Crippen LogP contribution in [0.1, 0.15) is 55.5 Å². The fourth-order valence-corrected chi connectivity index (χ4v) is 4.78. The maximum atomic E-state index is 13.2. The molecule has 0 saturated heterocycles. The lowest BCUT2D eigenvalue weighted by Crippen LogP contribution is -2.55. The molecule has 1 fully saturated rings. The van der Waals surface area contributed by atoms with E-state index in [1.54, 1.807) is 50.4 Å². The predicted molar refractivity (Wildman–Crippen MR) is 131 cm³/mol. The van der Waals surface area contributed by atoms with Crippen LogP contribution < -0.4 is 9.88 Å². The van der Waals surface area contributed by atoms with Crippen molar-refractivity contribution in [1.29, 1.82) is 0 Å². The summed E-state index contributed by atoms with van der Waals surface area (Å²) in [6.45, 7) is 3.18. The molecule has 0 spiro atoms. The van der Waals surface area contributed by atoms with Crippen LogP contribution in [0, 0.1) is 5.92 Å². The molecule has 3 rings (SSSR count). The van der Waals surface area contributed by atoms with Crippen molar-refractivity contribution in [1.82, 2.24) is 10.2 Å². The minimum absolute atomic E-state index is 0.0919. The number of carboxylic acids is 1. The van der Waals surface area contributed by atoms with Gasteiger partial charge >= 0.3 is 12.1 Å². The summed E-state index contributed by atoms with van der Waals surface area (Å²) in [4.78, 5) is 51.6. The molecule has 1 unspecified atom stereocenters. The number of rotatable bonds is 8. The molecule has 0 aliphatic heterocycles. The Morgan fingerprint density at radius 2 is 1.92 bits per heavy atom. The van der Waals surface area contributed by atoms with Gasteiger partial charge in [-0.15, -0.1) is 0 Å². The molecule has 0 radical (unpaired) electrons. The van der Waals surface area contributed by atoms with Gasteiger partial charge in [0.1, 0.15) is 17.1 Å². The van der Waals surface area contributed by atoms with E-state index in [9.17, 15) is 24.3 Å². The van der Waals surface area contributed by atoms with Crippen molar-refractivity contribution in [2.45, 2.75) is 57.8 Å². The maximum Gasteiger partial charge on any atom is 0.415 e. The Labute approximate surface area is 215 Å². The van der Waals surface area contributed by atoms with E-state index in [0.717, 1.165) is 12.8 Å². The van der Waals surface area contributed by atoms with Crippen molar-refractivity contribution in [3.8, 4) is 0 Å². The highest BCUT2D eigenvalue weighted by atomic mass is 35.5. The number of benzene rings is 1. The molecule has 192 valence electrons. The maximum absolute atomic E-state index is 13.2. The zero-order valence-electron chi connectivity index (χ0n) is 20.6. The number of carbonyl (C=O) groups excluding carboxylic acids is 3. The third kappa shape index (κ3) is 5.67. The summed E-state index contributed by atoms with van der Waals surface area (Å²) in [5.74, 6) is -2.07. The molecule has 2 atom stereocenters. The van der Waals surface area contributed by atoms with Crippen LogP contribution in [0.2, 0.25) is 5.02 Å². The van der Waals surface area contributed by atoms with Crippen molar-refractivity contribution >= 4 is 35.4 Å². The zero-order chi connectivity index (χ0) is 26.5. The van der Waals surface area contributed by atoms with Gasteiger partial charge in [0.2, 0.25) is 0 Å². The highest BCUT2D eigenvalue weighted by molar-refractivity contribution is 6.31. The number of ether oxygens (including phenoxy) is 1.